The maximum Gasteiger partial charge on any atom is 0.244 e. The van der Waals surface area contributed by atoms with Crippen LogP contribution in [0.25, 0.3) is 0 Å². The first-order chi connectivity index (χ1) is 13.9. The average molecular weight is 436 g/mol. The van der Waals surface area contributed by atoms with Crippen LogP contribution in [0.1, 0.15) is 5.56 Å². The summed E-state index contributed by atoms with van der Waals surface area (Å²) in [5.41, 5.74) is 0.544. The van der Waals surface area contributed by atoms with Crippen molar-refractivity contribution in [2.24, 2.45) is 0 Å². The van der Waals surface area contributed by atoms with Crippen LogP contribution < -0.4 is 4.74 Å². The summed E-state index contributed by atoms with van der Waals surface area (Å²) in [6.07, 6.45) is -0.711. The van der Waals surface area contributed by atoms with Gasteiger partial charge in [-0.25, -0.2) is 8.42 Å². The first kappa shape index (κ1) is 21.6. The first-order valence-corrected chi connectivity index (χ1v) is 11.0. The van der Waals surface area contributed by atoms with E-state index in [-0.39, 0.29) is 16.5 Å². The number of β-amino-alcohol motifs (C(OH)–C–C–N with tert-alkyl or cyclic N) is 1. The summed E-state index contributed by atoms with van der Waals surface area (Å²) in [5.74, 6) is 0.582. The van der Waals surface area contributed by atoms with Crippen LogP contribution in [0.3, 0.4) is 0 Å². The fourth-order valence-corrected chi connectivity index (χ4v) is 5.03. The van der Waals surface area contributed by atoms with Crippen molar-refractivity contribution in [2.75, 3.05) is 39.3 Å². The minimum Gasteiger partial charge on any atom is -0.491 e. The number of piperazine rings is 1. The molecule has 0 bridgehead atoms. The smallest absolute Gasteiger partial charge is 0.244 e. The lowest BCUT2D eigenvalue weighted by atomic mass is 10.2. The maximum absolute atomic E-state index is 12.8. The Hall–Kier alpha value is -2.15. The van der Waals surface area contributed by atoms with Gasteiger partial charge in [0.1, 0.15) is 23.4 Å². The summed E-state index contributed by atoms with van der Waals surface area (Å²) in [5, 5.41) is 19.2. The molecular formula is C20H22ClN3O4S. The SMILES string of the molecule is N#Cc1ccc(OCC(O)CN2CCN(S(=O)(=O)c3ccccc3Cl)CC2)cc1. The molecule has 0 saturated carbocycles. The van der Waals surface area contributed by atoms with Gasteiger partial charge in [0.15, 0.2) is 0 Å². The van der Waals surface area contributed by atoms with Crippen LogP contribution in [0.5, 0.6) is 5.75 Å². The Balaban J connectivity index is 1.48. The summed E-state index contributed by atoms with van der Waals surface area (Å²) in [4.78, 5) is 2.12. The molecule has 1 aliphatic heterocycles. The Morgan fingerprint density at radius 2 is 1.76 bits per heavy atom. The minimum absolute atomic E-state index is 0.115. The highest BCUT2D eigenvalue weighted by Gasteiger charge is 2.30. The number of benzene rings is 2. The molecule has 1 aliphatic rings. The van der Waals surface area contributed by atoms with Gasteiger partial charge in [0.2, 0.25) is 10.0 Å². The highest BCUT2D eigenvalue weighted by atomic mass is 35.5. The van der Waals surface area contributed by atoms with Crippen molar-refractivity contribution < 1.29 is 18.3 Å². The average Bonchev–Trinajstić information content (AvgIpc) is 2.73. The van der Waals surface area contributed by atoms with Crippen molar-refractivity contribution in [3.8, 4) is 11.8 Å². The predicted molar refractivity (Wildman–Crippen MR) is 109 cm³/mol. The molecule has 0 aromatic heterocycles. The topological polar surface area (TPSA) is 93.9 Å². The van der Waals surface area contributed by atoms with Crippen LogP contribution in [0, 0.1) is 11.3 Å². The summed E-state index contributed by atoms with van der Waals surface area (Å²) in [6.45, 7) is 2.18. The van der Waals surface area contributed by atoms with Crippen molar-refractivity contribution >= 4 is 21.6 Å². The number of sulfonamides is 1. The van der Waals surface area contributed by atoms with Crippen LogP contribution >= 0.6 is 11.6 Å². The van der Waals surface area contributed by atoms with E-state index in [1.807, 2.05) is 11.0 Å². The normalized spacial score (nSPS) is 16.9. The third-order valence-corrected chi connectivity index (χ3v) is 7.08. The standard InChI is InChI=1S/C20H22ClN3O4S/c21-19-3-1-2-4-20(19)29(26,27)24-11-9-23(10-12-24)14-17(25)15-28-18-7-5-16(13-22)6-8-18/h1-8,17,25H,9-12,14-15H2. The summed E-state index contributed by atoms with van der Waals surface area (Å²) >= 11 is 6.05. The molecule has 0 spiro atoms. The van der Waals surface area contributed by atoms with Gasteiger partial charge in [0, 0.05) is 32.7 Å². The fraction of sp³-hybridized carbons (Fsp3) is 0.350. The quantitative estimate of drug-likeness (QED) is 0.714. The number of ether oxygens (including phenoxy) is 1. The summed E-state index contributed by atoms with van der Waals surface area (Å²) < 4.78 is 32.5. The van der Waals surface area contributed by atoms with Gasteiger partial charge in [-0.05, 0) is 36.4 Å². The number of nitriles is 1. The Kier molecular flexibility index (Phi) is 7.11. The second kappa shape index (κ2) is 9.57. The predicted octanol–water partition coefficient (Wildman–Crippen LogP) is 1.96. The van der Waals surface area contributed by atoms with Crippen LogP contribution in [-0.4, -0.2) is 68.2 Å². The molecule has 9 heteroatoms. The van der Waals surface area contributed by atoms with E-state index in [1.54, 1.807) is 42.5 Å². The molecule has 1 fully saturated rings. The van der Waals surface area contributed by atoms with E-state index in [0.717, 1.165) is 0 Å². The van der Waals surface area contributed by atoms with Gasteiger partial charge in [-0.2, -0.15) is 9.57 Å². The van der Waals surface area contributed by atoms with Gasteiger partial charge in [0.05, 0.1) is 16.7 Å². The van der Waals surface area contributed by atoms with Gasteiger partial charge in [-0.3, -0.25) is 4.90 Å². The molecule has 0 amide bonds. The molecule has 1 saturated heterocycles. The molecule has 1 N–H and O–H groups in total. The molecule has 1 atom stereocenters. The number of nitrogens with zero attached hydrogens (tertiary/aromatic N) is 3. The lowest BCUT2D eigenvalue weighted by molar-refractivity contribution is 0.0569. The Bertz CT molecular complexity index is 968. The number of halogens is 1. The molecule has 0 aliphatic carbocycles. The fourth-order valence-electron chi connectivity index (χ4n) is 3.11. The zero-order valence-electron chi connectivity index (χ0n) is 15.7. The van der Waals surface area contributed by atoms with Crippen molar-refractivity contribution in [3.05, 3.63) is 59.1 Å². The number of hydrogen-bond acceptors (Lipinski definition) is 6. The van der Waals surface area contributed by atoms with Crippen molar-refractivity contribution in [2.45, 2.75) is 11.0 Å². The van der Waals surface area contributed by atoms with Gasteiger partial charge >= 0.3 is 0 Å². The number of aliphatic hydroxyl groups is 1. The Labute approximate surface area is 175 Å². The zero-order chi connectivity index (χ0) is 20.9. The maximum atomic E-state index is 12.8. The number of aliphatic hydroxyl groups excluding tert-OH is 1. The van der Waals surface area contributed by atoms with E-state index in [1.165, 1.54) is 10.4 Å². The molecule has 29 heavy (non-hydrogen) atoms. The highest BCUT2D eigenvalue weighted by Crippen LogP contribution is 2.25. The van der Waals surface area contributed by atoms with E-state index in [9.17, 15) is 13.5 Å². The molecular weight excluding hydrogens is 414 g/mol. The molecule has 3 rings (SSSR count). The van der Waals surface area contributed by atoms with Gasteiger partial charge in [-0.15, -0.1) is 0 Å². The lowest BCUT2D eigenvalue weighted by Gasteiger charge is -2.35. The van der Waals surface area contributed by atoms with Crippen LogP contribution in [0.2, 0.25) is 5.02 Å². The van der Waals surface area contributed by atoms with E-state index in [4.69, 9.17) is 21.6 Å². The largest absolute Gasteiger partial charge is 0.491 e. The molecule has 2 aromatic carbocycles. The van der Waals surface area contributed by atoms with E-state index in [2.05, 4.69) is 0 Å². The molecule has 1 unspecified atom stereocenters. The second-order valence-corrected chi connectivity index (χ2v) is 9.05. The summed E-state index contributed by atoms with van der Waals surface area (Å²) in [7, 11) is -3.63. The Morgan fingerprint density at radius 1 is 1.10 bits per heavy atom. The van der Waals surface area contributed by atoms with Crippen LogP contribution in [0.4, 0.5) is 0 Å². The van der Waals surface area contributed by atoms with Crippen LogP contribution in [0.15, 0.2) is 53.4 Å². The number of rotatable bonds is 7. The van der Waals surface area contributed by atoms with Gasteiger partial charge < -0.3 is 9.84 Å². The molecule has 1 heterocycles. The molecule has 0 radical (unpaired) electrons. The number of hydrogen-bond donors (Lipinski definition) is 1. The third kappa shape index (κ3) is 5.47. The molecule has 154 valence electrons. The van der Waals surface area contributed by atoms with Crippen molar-refractivity contribution in [1.29, 1.82) is 5.26 Å². The van der Waals surface area contributed by atoms with E-state index in [0.29, 0.717) is 44.0 Å². The van der Waals surface area contributed by atoms with Crippen LogP contribution in [-0.2, 0) is 10.0 Å². The second-order valence-electron chi connectivity index (χ2n) is 6.74. The van der Waals surface area contributed by atoms with Crippen molar-refractivity contribution in [1.82, 2.24) is 9.21 Å². The van der Waals surface area contributed by atoms with E-state index < -0.39 is 16.1 Å². The highest BCUT2D eigenvalue weighted by molar-refractivity contribution is 7.89. The third-order valence-electron chi connectivity index (χ3n) is 4.68. The monoisotopic (exact) mass is 435 g/mol. The lowest BCUT2D eigenvalue weighted by Crippen LogP contribution is -2.50. The Morgan fingerprint density at radius 3 is 2.38 bits per heavy atom. The first-order valence-electron chi connectivity index (χ1n) is 9.18. The zero-order valence-corrected chi connectivity index (χ0v) is 17.3. The van der Waals surface area contributed by atoms with Gasteiger partial charge in [0.25, 0.3) is 0 Å². The molecule has 2 aromatic rings. The molecule has 7 nitrogen and oxygen atoms in total. The van der Waals surface area contributed by atoms with E-state index >= 15 is 0 Å². The van der Waals surface area contributed by atoms with Crippen molar-refractivity contribution in [3.63, 3.8) is 0 Å². The summed E-state index contributed by atoms with van der Waals surface area (Å²) in [6, 6.07) is 15.1. The minimum atomic E-state index is -3.63. The van der Waals surface area contributed by atoms with Gasteiger partial charge in [-0.1, -0.05) is 23.7 Å².